The molecule has 1 N–H and O–H groups in total. The Balaban J connectivity index is 1.58. The van der Waals surface area contributed by atoms with Gasteiger partial charge < -0.3 is 5.11 Å². The number of rotatable bonds is 9. The van der Waals surface area contributed by atoms with E-state index in [1.165, 1.54) is 19.3 Å². The number of fused-ring (bicyclic) bond motifs is 1. The van der Waals surface area contributed by atoms with E-state index in [-0.39, 0.29) is 5.75 Å². The van der Waals surface area contributed by atoms with E-state index in [1.807, 2.05) is 80.6 Å². The van der Waals surface area contributed by atoms with Crippen molar-refractivity contribution in [1.82, 2.24) is 0 Å². The Morgan fingerprint density at radius 3 is 2.14 bits per heavy atom. The van der Waals surface area contributed by atoms with Gasteiger partial charge >= 0.3 is 0 Å². The predicted molar refractivity (Wildman–Crippen MR) is 144 cm³/mol. The molecule has 4 aromatic rings. The van der Waals surface area contributed by atoms with Crippen LogP contribution >= 0.6 is 0 Å². The molecule has 0 bridgehead atoms. The fourth-order valence-electron chi connectivity index (χ4n) is 4.18. The molecule has 5 heteroatoms. The van der Waals surface area contributed by atoms with Crippen molar-refractivity contribution in [2.75, 3.05) is 0 Å². The molecular formula is C30H32N4O. The molecule has 0 aliphatic carbocycles. The summed E-state index contributed by atoms with van der Waals surface area (Å²) in [5, 5.41) is 30.5. The van der Waals surface area contributed by atoms with Gasteiger partial charge in [-0.3, -0.25) is 0 Å². The van der Waals surface area contributed by atoms with Gasteiger partial charge in [-0.05, 0) is 79.1 Å². The van der Waals surface area contributed by atoms with E-state index in [4.69, 9.17) is 0 Å². The van der Waals surface area contributed by atoms with E-state index in [2.05, 4.69) is 33.4 Å². The lowest BCUT2D eigenvalue weighted by Gasteiger charge is -2.11. The van der Waals surface area contributed by atoms with Crippen LogP contribution in [0.25, 0.3) is 10.8 Å². The van der Waals surface area contributed by atoms with Crippen LogP contribution in [0.15, 0.2) is 93.3 Å². The van der Waals surface area contributed by atoms with Crippen molar-refractivity contribution in [3.05, 3.63) is 89.5 Å². The molecule has 0 unspecified atom stereocenters. The Morgan fingerprint density at radius 1 is 0.657 bits per heavy atom. The number of aromatic hydroxyl groups is 1. The quantitative estimate of drug-likeness (QED) is 0.194. The zero-order valence-corrected chi connectivity index (χ0v) is 20.7. The summed E-state index contributed by atoms with van der Waals surface area (Å²) in [6.07, 6.45) is 5.71. The first-order valence-corrected chi connectivity index (χ1v) is 12.3. The first kappa shape index (κ1) is 24.3. The van der Waals surface area contributed by atoms with Gasteiger partial charge in [0.25, 0.3) is 0 Å². The van der Waals surface area contributed by atoms with Crippen LogP contribution in [0.5, 0.6) is 5.75 Å². The molecule has 0 aromatic heterocycles. The number of unbranched alkanes of at least 4 members (excludes halogenated alkanes) is 3. The molecule has 0 saturated heterocycles. The number of phenols is 1. The van der Waals surface area contributed by atoms with Crippen LogP contribution in [0.2, 0.25) is 0 Å². The summed E-state index contributed by atoms with van der Waals surface area (Å²) in [6, 6.07) is 23.6. The molecule has 35 heavy (non-hydrogen) atoms. The molecule has 0 aliphatic heterocycles. The maximum Gasteiger partial charge on any atom is 0.144 e. The molecule has 0 amide bonds. The van der Waals surface area contributed by atoms with Gasteiger partial charge in [0.05, 0.1) is 17.1 Å². The SMILES string of the molecule is CCCCCCc1cc(O)c(/N=N/c2ccc(/N=N/c3ccccc3C)cc2C)c2ccccc12. The monoisotopic (exact) mass is 464 g/mol. The number of aryl methyl sites for hydroxylation is 3. The summed E-state index contributed by atoms with van der Waals surface area (Å²) >= 11 is 0. The molecule has 0 heterocycles. The van der Waals surface area contributed by atoms with Gasteiger partial charge in [0.2, 0.25) is 0 Å². The third-order valence-corrected chi connectivity index (χ3v) is 6.21. The van der Waals surface area contributed by atoms with Gasteiger partial charge in [-0.2, -0.15) is 15.3 Å². The van der Waals surface area contributed by atoms with Gasteiger partial charge in [-0.15, -0.1) is 5.11 Å². The summed E-state index contributed by atoms with van der Waals surface area (Å²) in [7, 11) is 0. The van der Waals surface area contributed by atoms with E-state index in [1.54, 1.807) is 0 Å². The van der Waals surface area contributed by atoms with E-state index < -0.39 is 0 Å². The third kappa shape index (κ3) is 5.99. The largest absolute Gasteiger partial charge is 0.506 e. The van der Waals surface area contributed by atoms with Gasteiger partial charge in [-0.1, -0.05) is 68.7 Å². The average molecular weight is 465 g/mol. The zero-order valence-electron chi connectivity index (χ0n) is 20.7. The molecular weight excluding hydrogens is 432 g/mol. The fraction of sp³-hybridized carbons (Fsp3) is 0.267. The van der Waals surface area contributed by atoms with Crippen molar-refractivity contribution >= 4 is 33.5 Å². The highest BCUT2D eigenvalue weighted by Crippen LogP contribution is 2.39. The Hall–Kier alpha value is -3.86. The summed E-state index contributed by atoms with van der Waals surface area (Å²) in [5.74, 6) is 0.166. The van der Waals surface area contributed by atoms with Gasteiger partial charge in [0.15, 0.2) is 0 Å². The maximum absolute atomic E-state index is 10.8. The smallest absolute Gasteiger partial charge is 0.144 e. The molecule has 0 atom stereocenters. The topological polar surface area (TPSA) is 69.7 Å². The molecule has 4 rings (SSSR count). The number of phenolic OH excluding ortho intramolecular Hbond substituents is 1. The second-order valence-electron chi connectivity index (χ2n) is 8.92. The summed E-state index contributed by atoms with van der Waals surface area (Å²) in [5.41, 5.74) is 6.01. The first-order chi connectivity index (χ1) is 17.1. The van der Waals surface area contributed by atoms with Crippen LogP contribution in [0.3, 0.4) is 0 Å². The number of hydrogen-bond acceptors (Lipinski definition) is 5. The second-order valence-corrected chi connectivity index (χ2v) is 8.92. The molecule has 0 fully saturated rings. The van der Waals surface area contributed by atoms with E-state index in [0.717, 1.165) is 57.4 Å². The highest BCUT2D eigenvalue weighted by Gasteiger charge is 2.12. The lowest BCUT2D eigenvalue weighted by atomic mass is 9.97. The third-order valence-electron chi connectivity index (χ3n) is 6.21. The van der Waals surface area contributed by atoms with Crippen molar-refractivity contribution in [3.8, 4) is 5.75 Å². The minimum atomic E-state index is 0.166. The van der Waals surface area contributed by atoms with Crippen LogP contribution in [0.4, 0.5) is 22.7 Å². The molecule has 4 aromatic carbocycles. The summed E-state index contributed by atoms with van der Waals surface area (Å²) in [6.45, 7) is 6.20. The standard InChI is InChI=1S/C30H32N4O/c1-4-5-6-7-13-23-20-29(35)30(26-15-10-9-14-25(23)26)34-33-28-18-17-24(19-22(28)3)31-32-27-16-11-8-12-21(27)2/h8-12,14-20,35H,4-7,13H2,1-3H3/b32-31+,34-33+. The van der Waals surface area contributed by atoms with Crippen molar-refractivity contribution < 1.29 is 5.11 Å². The van der Waals surface area contributed by atoms with Crippen molar-refractivity contribution in [1.29, 1.82) is 0 Å². The van der Waals surface area contributed by atoms with Crippen LogP contribution in [-0.2, 0) is 6.42 Å². The molecule has 0 saturated carbocycles. The van der Waals surface area contributed by atoms with E-state index >= 15 is 0 Å². The summed E-state index contributed by atoms with van der Waals surface area (Å²) < 4.78 is 0. The Kier molecular flexibility index (Phi) is 7.99. The van der Waals surface area contributed by atoms with Crippen molar-refractivity contribution in [3.63, 3.8) is 0 Å². The van der Waals surface area contributed by atoms with Gasteiger partial charge in [0.1, 0.15) is 11.4 Å². The molecule has 5 nitrogen and oxygen atoms in total. The van der Waals surface area contributed by atoms with Crippen molar-refractivity contribution in [2.45, 2.75) is 52.9 Å². The molecule has 0 radical (unpaired) electrons. The molecule has 0 aliphatic rings. The zero-order chi connectivity index (χ0) is 24.6. The number of benzene rings is 4. The number of azo groups is 2. The highest BCUT2D eigenvalue weighted by atomic mass is 16.3. The minimum absolute atomic E-state index is 0.166. The van der Waals surface area contributed by atoms with Crippen LogP contribution in [0, 0.1) is 13.8 Å². The Labute approximate surface area is 207 Å². The van der Waals surface area contributed by atoms with E-state index in [9.17, 15) is 5.11 Å². The predicted octanol–water partition coefficient (Wildman–Crippen LogP) is 10.1. The number of nitrogens with zero attached hydrogens (tertiary/aromatic N) is 4. The minimum Gasteiger partial charge on any atom is -0.506 e. The van der Waals surface area contributed by atoms with Gasteiger partial charge in [0, 0.05) is 5.39 Å². The average Bonchev–Trinajstić information content (AvgIpc) is 2.86. The second kappa shape index (κ2) is 11.5. The first-order valence-electron chi connectivity index (χ1n) is 12.3. The lowest BCUT2D eigenvalue weighted by Crippen LogP contribution is -1.89. The highest BCUT2D eigenvalue weighted by molar-refractivity contribution is 5.97. The van der Waals surface area contributed by atoms with Crippen LogP contribution < -0.4 is 0 Å². The molecule has 178 valence electrons. The Bertz CT molecular complexity index is 1370. The van der Waals surface area contributed by atoms with Gasteiger partial charge in [-0.25, -0.2) is 0 Å². The summed E-state index contributed by atoms with van der Waals surface area (Å²) in [4.78, 5) is 0. The fourth-order valence-corrected chi connectivity index (χ4v) is 4.18. The van der Waals surface area contributed by atoms with Crippen LogP contribution in [-0.4, -0.2) is 5.11 Å². The maximum atomic E-state index is 10.8. The van der Waals surface area contributed by atoms with Crippen molar-refractivity contribution in [2.24, 2.45) is 20.5 Å². The lowest BCUT2D eigenvalue weighted by molar-refractivity contribution is 0.476. The Morgan fingerprint density at radius 2 is 1.37 bits per heavy atom. The number of hydrogen-bond donors (Lipinski definition) is 1. The van der Waals surface area contributed by atoms with Crippen LogP contribution in [0.1, 0.15) is 49.3 Å². The van der Waals surface area contributed by atoms with E-state index in [0.29, 0.717) is 5.69 Å². The molecule has 0 spiro atoms. The normalized spacial score (nSPS) is 11.7.